The van der Waals surface area contributed by atoms with Crippen molar-refractivity contribution >= 4 is 15.9 Å². The maximum Gasteiger partial charge on any atom is 0.125 e. The molecule has 0 fully saturated rings. The van der Waals surface area contributed by atoms with Crippen LogP contribution in [0.4, 0.5) is 0 Å². The van der Waals surface area contributed by atoms with Crippen molar-refractivity contribution in [2.45, 2.75) is 44.6 Å². The van der Waals surface area contributed by atoms with Crippen molar-refractivity contribution in [2.24, 2.45) is 0 Å². The van der Waals surface area contributed by atoms with Crippen molar-refractivity contribution < 1.29 is 4.74 Å². The van der Waals surface area contributed by atoms with Gasteiger partial charge in [0, 0.05) is 16.1 Å². The molecule has 2 aliphatic rings. The predicted octanol–water partition coefficient (Wildman–Crippen LogP) is 4.75. The third-order valence-electron chi connectivity index (χ3n) is 4.22. The molecule has 0 bridgehead atoms. The highest BCUT2D eigenvalue weighted by molar-refractivity contribution is 9.10. The summed E-state index contributed by atoms with van der Waals surface area (Å²) in [4.78, 5) is 0. The molecule has 1 aliphatic carbocycles. The van der Waals surface area contributed by atoms with E-state index in [-0.39, 0.29) is 0 Å². The molecule has 0 saturated heterocycles. The third-order valence-corrected chi connectivity index (χ3v) is 4.71. The van der Waals surface area contributed by atoms with Crippen LogP contribution in [0.5, 0.6) is 5.75 Å². The summed E-state index contributed by atoms with van der Waals surface area (Å²) in [7, 11) is 0. The predicted molar refractivity (Wildman–Crippen MR) is 86.2 cm³/mol. The second-order valence-corrected chi connectivity index (χ2v) is 6.60. The van der Waals surface area contributed by atoms with Crippen molar-refractivity contribution in [2.75, 3.05) is 13.2 Å². The summed E-state index contributed by atoms with van der Waals surface area (Å²) in [6.45, 7) is 1.90. The van der Waals surface area contributed by atoms with Gasteiger partial charge in [-0.1, -0.05) is 33.6 Å². The van der Waals surface area contributed by atoms with E-state index in [0.29, 0.717) is 6.04 Å². The maximum absolute atomic E-state index is 5.86. The molecule has 1 N–H and O–H groups in total. The smallest absolute Gasteiger partial charge is 0.125 e. The van der Waals surface area contributed by atoms with E-state index in [0.717, 1.165) is 36.2 Å². The van der Waals surface area contributed by atoms with Crippen LogP contribution in [0, 0.1) is 0 Å². The molecule has 20 heavy (non-hydrogen) atoms. The molecule has 3 heteroatoms. The molecule has 0 radical (unpaired) electrons. The summed E-state index contributed by atoms with van der Waals surface area (Å²) in [6.07, 6.45) is 9.83. The lowest BCUT2D eigenvalue weighted by molar-refractivity contribution is 0.315. The number of benzene rings is 1. The molecule has 2 nitrogen and oxygen atoms in total. The van der Waals surface area contributed by atoms with Gasteiger partial charge in [-0.25, -0.2) is 0 Å². The van der Waals surface area contributed by atoms with Gasteiger partial charge in [-0.3, -0.25) is 0 Å². The lowest BCUT2D eigenvalue weighted by Crippen LogP contribution is -2.22. The van der Waals surface area contributed by atoms with Crippen LogP contribution in [-0.2, 0) is 0 Å². The molecule has 1 unspecified atom stereocenters. The molecule has 0 amide bonds. The monoisotopic (exact) mass is 335 g/mol. The molecular formula is C17H22BrNO. The Morgan fingerprint density at radius 3 is 3.10 bits per heavy atom. The zero-order valence-corrected chi connectivity index (χ0v) is 13.4. The first kappa shape index (κ1) is 14.2. The number of hydrogen-bond acceptors (Lipinski definition) is 2. The van der Waals surface area contributed by atoms with Crippen LogP contribution < -0.4 is 10.1 Å². The Hall–Kier alpha value is -0.800. The van der Waals surface area contributed by atoms with Crippen LogP contribution in [0.1, 0.15) is 50.1 Å². The summed E-state index contributed by atoms with van der Waals surface area (Å²) in [5.74, 6) is 1.04. The van der Waals surface area contributed by atoms with E-state index < -0.39 is 0 Å². The van der Waals surface area contributed by atoms with Gasteiger partial charge in [-0.15, -0.1) is 0 Å². The summed E-state index contributed by atoms with van der Waals surface area (Å²) in [5, 5.41) is 3.73. The molecular weight excluding hydrogens is 314 g/mol. The minimum Gasteiger partial charge on any atom is -0.493 e. The Kier molecular flexibility index (Phi) is 4.79. The lowest BCUT2D eigenvalue weighted by atomic mass is 10.0. The Balaban J connectivity index is 1.63. The number of allylic oxidation sites excluding steroid dienone is 1. The average Bonchev–Trinajstić information content (AvgIpc) is 2.87. The number of ether oxygens (including phenoxy) is 1. The molecule has 1 aromatic carbocycles. The average molecular weight is 336 g/mol. The zero-order chi connectivity index (χ0) is 13.8. The Bertz CT molecular complexity index is 498. The minimum atomic E-state index is 0.433. The summed E-state index contributed by atoms with van der Waals surface area (Å²) >= 11 is 3.53. The first-order valence-corrected chi connectivity index (χ1v) is 8.46. The second-order valence-electron chi connectivity index (χ2n) is 5.68. The molecule has 0 spiro atoms. The molecule has 1 aliphatic heterocycles. The van der Waals surface area contributed by atoms with Gasteiger partial charge < -0.3 is 10.1 Å². The minimum absolute atomic E-state index is 0.433. The highest BCUT2D eigenvalue weighted by Crippen LogP contribution is 2.33. The zero-order valence-electron chi connectivity index (χ0n) is 11.8. The first-order chi connectivity index (χ1) is 9.83. The molecule has 0 aromatic heterocycles. The topological polar surface area (TPSA) is 21.3 Å². The molecule has 1 aromatic rings. The van der Waals surface area contributed by atoms with E-state index in [2.05, 4.69) is 45.5 Å². The maximum atomic E-state index is 5.86. The van der Waals surface area contributed by atoms with E-state index >= 15 is 0 Å². The van der Waals surface area contributed by atoms with Crippen molar-refractivity contribution in [1.29, 1.82) is 0 Å². The number of nitrogens with one attached hydrogen (secondary N) is 1. The van der Waals surface area contributed by atoms with Crippen LogP contribution in [-0.4, -0.2) is 13.2 Å². The molecule has 0 saturated carbocycles. The van der Waals surface area contributed by atoms with E-state index in [1.807, 2.05) is 0 Å². The van der Waals surface area contributed by atoms with E-state index in [4.69, 9.17) is 4.74 Å². The summed E-state index contributed by atoms with van der Waals surface area (Å²) < 4.78 is 6.95. The fourth-order valence-corrected chi connectivity index (χ4v) is 3.47. The largest absolute Gasteiger partial charge is 0.493 e. The van der Waals surface area contributed by atoms with Gasteiger partial charge in [-0.05, 0) is 57.2 Å². The highest BCUT2D eigenvalue weighted by Gasteiger charge is 2.19. The normalized spacial score (nSPS) is 21.9. The fourth-order valence-electron chi connectivity index (χ4n) is 3.13. The van der Waals surface area contributed by atoms with Crippen LogP contribution in [0.3, 0.4) is 0 Å². The summed E-state index contributed by atoms with van der Waals surface area (Å²) in [5.41, 5.74) is 2.95. The van der Waals surface area contributed by atoms with Crippen LogP contribution in [0.2, 0.25) is 0 Å². The number of hydrogen-bond donors (Lipinski definition) is 1. The lowest BCUT2D eigenvalue weighted by Gasteiger charge is -2.19. The van der Waals surface area contributed by atoms with Crippen LogP contribution >= 0.6 is 15.9 Å². The van der Waals surface area contributed by atoms with Crippen molar-refractivity contribution in [1.82, 2.24) is 5.32 Å². The van der Waals surface area contributed by atoms with Crippen molar-refractivity contribution in [3.63, 3.8) is 0 Å². The van der Waals surface area contributed by atoms with E-state index in [1.54, 1.807) is 5.57 Å². The fraction of sp³-hybridized carbons (Fsp3) is 0.529. The van der Waals surface area contributed by atoms with Crippen LogP contribution in [0.25, 0.3) is 0 Å². The molecule has 3 rings (SSSR count). The highest BCUT2D eigenvalue weighted by atomic mass is 79.9. The van der Waals surface area contributed by atoms with E-state index in [9.17, 15) is 0 Å². The number of rotatable bonds is 4. The standard InChI is InChI=1S/C17H22BrNO/c18-14-7-8-15-16(6-3-11-20-17(15)12-14)19-10-9-13-4-1-2-5-13/h4,7-8,12,16,19H,1-3,5-6,9-11H2. The van der Waals surface area contributed by atoms with Gasteiger partial charge in [0.05, 0.1) is 6.61 Å². The molecule has 1 atom stereocenters. The number of halogens is 1. The quantitative estimate of drug-likeness (QED) is 0.801. The first-order valence-electron chi connectivity index (χ1n) is 7.66. The molecule has 108 valence electrons. The Morgan fingerprint density at radius 2 is 2.25 bits per heavy atom. The Morgan fingerprint density at radius 1 is 1.30 bits per heavy atom. The van der Waals surface area contributed by atoms with Gasteiger partial charge in [0.1, 0.15) is 5.75 Å². The van der Waals surface area contributed by atoms with Gasteiger partial charge in [0.25, 0.3) is 0 Å². The Labute approximate surface area is 129 Å². The van der Waals surface area contributed by atoms with Gasteiger partial charge in [0.15, 0.2) is 0 Å². The summed E-state index contributed by atoms with van der Waals surface area (Å²) in [6, 6.07) is 6.83. The van der Waals surface area contributed by atoms with Gasteiger partial charge in [-0.2, -0.15) is 0 Å². The van der Waals surface area contributed by atoms with Crippen LogP contribution in [0.15, 0.2) is 34.3 Å². The SMILES string of the molecule is Brc1ccc2c(c1)OCCCC2NCCC1=CCCC1. The van der Waals surface area contributed by atoms with Gasteiger partial charge in [0.2, 0.25) is 0 Å². The van der Waals surface area contributed by atoms with E-state index in [1.165, 1.54) is 31.2 Å². The second kappa shape index (κ2) is 6.77. The van der Waals surface area contributed by atoms with Crippen molar-refractivity contribution in [3.8, 4) is 5.75 Å². The number of fused-ring (bicyclic) bond motifs is 1. The van der Waals surface area contributed by atoms with Gasteiger partial charge >= 0.3 is 0 Å². The third kappa shape index (κ3) is 3.44. The molecule has 1 heterocycles. The van der Waals surface area contributed by atoms with Crippen molar-refractivity contribution in [3.05, 3.63) is 39.9 Å².